The van der Waals surface area contributed by atoms with Gasteiger partial charge in [0.25, 0.3) is 0 Å². The van der Waals surface area contributed by atoms with Crippen LogP contribution in [0.2, 0.25) is 0 Å². The van der Waals surface area contributed by atoms with Crippen molar-refractivity contribution < 1.29 is 4.52 Å². The van der Waals surface area contributed by atoms with Crippen molar-refractivity contribution in [3.05, 3.63) is 11.8 Å². The quantitative estimate of drug-likeness (QED) is 0.631. The second-order valence-electron chi connectivity index (χ2n) is 2.57. The minimum absolute atomic E-state index is 0.540. The summed E-state index contributed by atoms with van der Waals surface area (Å²) in [6, 6.07) is 1.90. The van der Waals surface area contributed by atoms with Gasteiger partial charge in [-0.3, -0.25) is 0 Å². The van der Waals surface area contributed by atoms with Gasteiger partial charge in [-0.05, 0) is 6.42 Å². The van der Waals surface area contributed by atoms with Crippen LogP contribution in [-0.4, -0.2) is 18.7 Å². The van der Waals surface area contributed by atoms with Gasteiger partial charge in [0.05, 0.1) is 12.2 Å². The first-order valence-corrected chi connectivity index (χ1v) is 3.88. The minimum Gasteiger partial charge on any atom is -0.338 e. The second-order valence-corrected chi connectivity index (χ2v) is 2.57. The van der Waals surface area contributed by atoms with Gasteiger partial charge in [-0.2, -0.15) is 0 Å². The lowest BCUT2D eigenvalue weighted by atomic mass is 10.3. The predicted molar refractivity (Wildman–Crippen MR) is 48.0 cm³/mol. The molecule has 0 saturated heterocycles. The van der Waals surface area contributed by atoms with Crippen LogP contribution in [0.3, 0.4) is 0 Å². The number of terminal acetylenes is 1. The maximum Gasteiger partial charge on any atom is 0.227 e. The highest BCUT2D eigenvalue weighted by molar-refractivity contribution is 5.36. The molecular weight excluding hydrogens is 152 g/mol. The molecule has 1 aromatic rings. The molecule has 0 spiro atoms. The number of aryl methyl sites for hydroxylation is 1. The Balaban J connectivity index is 2.69. The molecule has 0 unspecified atom stereocenters. The summed E-state index contributed by atoms with van der Waals surface area (Å²) < 4.78 is 5.05. The Kier molecular flexibility index (Phi) is 2.76. The van der Waals surface area contributed by atoms with E-state index in [0.717, 1.165) is 18.0 Å². The summed E-state index contributed by atoms with van der Waals surface area (Å²) in [7, 11) is 1.87. The number of anilines is 1. The molecule has 0 aliphatic rings. The lowest BCUT2D eigenvalue weighted by molar-refractivity contribution is 0.415. The molecule has 0 fully saturated rings. The number of nitrogens with zero attached hydrogens (tertiary/aromatic N) is 2. The molecule has 0 radical (unpaired) electrons. The molecule has 0 amide bonds. The fourth-order valence-electron chi connectivity index (χ4n) is 0.862. The average molecular weight is 164 g/mol. The Bertz CT molecular complexity index is 285. The van der Waals surface area contributed by atoms with Gasteiger partial charge in [-0.1, -0.05) is 18.0 Å². The Morgan fingerprint density at radius 2 is 2.50 bits per heavy atom. The van der Waals surface area contributed by atoms with Crippen LogP contribution in [0.5, 0.6) is 0 Å². The number of rotatable bonds is 3. The van der Waals surface area contributed by atoms with Crippen molar-refractivity contribution in [3.8, 4) is 12.3 Å². The largest absolute Gasteiger partial charge is 0.338 e. The van der Waals surface area contributed by atoms with Gasteiger partial charge in [0.1, 0.15) is 0 Å². The van der Waals surface area contributed by atoms with Gasteiger partial charge in [-0.15, -0.1) is 6.42 Å². The van der Waals surface area contributed by atoms with Gasteiger partial charge in [0.2, 0.25) is 5.88 Å². The van der Waals surface area contributed by atoms with E-state index in [4.69, 9.17) is 10.9 Å². The van der Waals surface area contributed by atoms with Gasteiger partial charge in [0.15, 0.2) is 0 Å². The summed E-state index contributed by atoms with van der Waals surface area (Å²) in [5.74, 6) is 3.26. The monoisotopic (exact) mass is 164 g/mol. The molecule has 3 heteroatoms. The molecule has 0 atom stereocenters. The second kappa shape index (κ2) is 3.82. The molecule has 1 aromatic heterocycles. The Morgan fingerprint density at radius 3 is 3.00 bits per heavy atom. The van der Waals surface area contributed by atoms with Gasteiger partial charge < -0.3 is 9.42 Å². The van der Waals surface area contributed by atoms with Gasteiger partial charge in [-0.25, -0.2) is 0 Å². The summed E-state index contributed by atoms with van der Waals surface area (Å²) >= 11 is 0. The van der Waals surface area contributed by atoms with E-state index in [1.165, 1.54) is 0 Å². The van der Waals surface area contributed by atoms with Crippen molar-refractivity contribution in [1.82, 2.24) is 5.16 Å². The van der Waals surface area contributed by atoms with Crippen molar-refractivity contribution >= 4 is 5.88 Å². The fourth-order valence-corrected chi connectivity index (χ4v) is 0.862. The lowest BCUT2D eigenvalue weighted by Crippen LogP contribution is -2.15. The fraction of sp³-hybridized carbons (Fsp3) is 0.444. The van der Waals surface area contributed by atoms with Gasteiger partial charge in [0, 0.05) is 13.1 Å². The third kappa shape index (κ3) is 1.79. The van der Waals surface area contributed by atoms with E-state index in [9.17, 15) is 0 Å². The smallest absolute Gasteiger partial charge is 0.227 e. The normalized spacial score (nSPS) is 9.42. The van der Waals surface area contributed by atoms with Crippen molar-refractivity contribution in [3.63, 3.8) is 0 Å². The lowest BCUT2D eigenvalue weighted by Gasteiger charge is -2.09. The molecule has 0 saturated carbocycles. The molecule has 1 rings (SSSR count). The summed E-state index contributed by atoms with van der Waals surface area (Å²) in [4.78, 5) is 1.84. The first-order chi connectivity index (χ1) is 5.77. The molecule has 0 bridgehead atoms. The highest BCUT2D eigenvalue weighted by Gasteiger charge is 2.05. The van der Waals surface area contributed by atoms with Crippen molar-refractivity contribution in [2.75, 3.05) is 18.5 Å². The third-order valence-corrected chi connectivity index (χ3v) is 1.61. The average Bonchev–Trinajstić information content (AvgIpc) is 2.52. The van der Waals surface area contributed by atoms with E-state index in [-0.39, 0.29) is 0 Å². The predicted octanol–water partition coefficient (Wildman–Crippen LogP) is 1.31. The van der Waals surface area contributed by atoms with Crippen LogP contribution in [0, 0.1) is 12.3 Å². The van der Waals surface area contributed by atoms with Crippen LogP contribution in [0.25, 0.3) is 0 Å². The van der Waals surface area contributed by atoms with Crippen molar-refractivity contribution in [1.29, 1.82) is 0 Å². The molecule has 0 aliphatic heterocycles. The van der Waals surface area contributed by atoms with Crippen LogP contribution >= 0.6 is 0 Å². The Labute approximate surface area is 72.3 Å². The van der Waals surface area contributed by atoms with E-state index in [1.807, 2.05) is 24.9 Å². The zero-order valence-corrected chi connectivity index (χ0v) is 7.37. The number of hydrogen-bond acceptors (Lipinski definition) is 3. The highest BCUT2D eigenvalue weighted by atomic mass is 16.5. The minimum atomic E-state index is 0.540. The van der Waals surface area contributed by atoms with E-state index >= 15 is 0 Å². The maximum absolute atomic E-state index is 5.15. The summed E-state index contributed by atoms with van der Waals surface area (Å²) in [6.45, 7) is 2.57. The van der Waals surface area contributed by atoms with E-state index in [0.29, 0.717) is 6.54 Å². The molecule has 0 aromatic carbocycles. The van der Waals surface area contributed by atoms with Crippen LogP contribution < -0.4 is 4.90 Å². The van der Waals surface area contributed by atoms with E-state index in [1.54, 1.807) is 0 Å². The van der Waals surface area contributed by atoms with Crippen LogP contribution in [0.4, 0.5) is 5.88 Å². The van der Waals surface area contributed by atoms with E-state index in [2.05, 4.69) is 11.1 Å². The zero-order chi connectivity index (χ0) is 8.97. The number of hydrogen-bond donors (Lipinski definition) is 0. The first-order valence-electron chi connectivity index (χ1n) is 3.88. The molecular formula is C9H12N2O. The van der Waals surface area contributed by atoms with Gasteiger partial charge >= 0.3 is 0 Å². The standard InChI is InChI=1S/C9H12N2O/c1-4-6-11(3)9-7-8(5-2)10-12-9/h1,7H,5-6H2,2-3H3. The maximum atomic E-state index is 5.15. The summed E-state index contributed by atoms with van der Waals surface area (Å²) in [6.07, 6.45) is 6.03. The summed E-state index contributed by atoms with van der Waals surface area (Å²) in [5.41, 5.74) is 0.953. The van der Waals surface area contributed by atoms with E-state index < -0.39 is 0 Å². The highest BCUT2D eigenvalue weighted by Crippen LogP contribution is 2.13. The van der Waals surface area contributed by atoms with Crippen LogP contribution in [0.1, 0.15) is 12.6 Å². The number of aromatic nitrogens is 1. The zero-order valence-electron chi connectivity index (χ0n) is 7.37. The SMILES string of the molecule is C#CCN(C)c1cc(CC)no1. The van der Waals surface area contributed by atoms with Crippen molar-refractivity contribution in [2.24, 2.45) is 0 Å². The Hall–Kier alpha value is -1.43. The molecule has 12 heavy (non-hydrogen) atoms. The molecule has 3 nitrogen and oxygen atoms in total. The third-order valence-electron chi connectivity index (χ3n) is 1.61. The molecule has 64 valence electrons. The molecule has 1 heterocycles. The van der Waals surface area contributed by atoms with Crippen LogP contribution in [-0.2, 0) is 6.42 Å². The topological polar surface area (TPSA) is 29.3 Å². The Morgan fingerprint density at radius 1 is 1.75 bits per heavy atom. The first kappa shape index (κ1) is 8.66. The summed E-state index contributed by atoms with van der Waals surface area (Å²) in [5, 5.41) is 3.85. The van der Waals surface area contributed by atoms with Crippen LogP contribution in [0.15, 0.2) is 10.6 Å². The molecule has 0 aliphatic carbocycles. The van der Waals surface area contributed by atoms with Crippen molar-refractivity contribution in [2.45, 2.75) is 13.3 Å². The molecule has 0 N–H and O–H groups in total.